The third-order valence-corrected chi connectivity index (χ3v) is 5.17. The molecule has 6 nitrogen and oxygen atoms in total. The molecular weight excluding hydrogens is 302 g/mol. The summed E-state index contributed by atoms with van der Waals surface area (Å²) >= 11 is 0. The molecule has 0 atom stereocenters. The van der Waals surface area contributed by atoms with Crippen LogP contribution in [0, 0.1) is 6.92 Å². The highest BCUT2D eigenvalue weighted by Gasteiger charge is 2.28. The zero-order valence-electron chi connectivity index (χ0n) is 14.5. The standard InChI is InChI=1S/C18H25N5O/c1-13-9-17(21-12-20-13)22(2)15-5-7-23(8-6-15)11-18-19-10-16(24-18)14-3-4-14/h9-10,12,14-15H,3-8,11H2,1-2H3. The van der Waals surface area contributed by atoms with Crippen LogP contribution in [0.25, 0.3) is 0 Å². The maximum atomic E-state index is 5.89. The molecule has 2 fully saturated rings. The highest BCUT2D eigenvalue weighted by molar-refractivity contribution is 5.39. The molecule has 0 amide bonds. The van der Waals surface area contributed by atoms with Crippen molar-refractivity contribution in [2.24, 2.45) is 0 Å². The first kappa shape index (κ1) is 15.6. The van der Waals surface area contributed by atoms with Gasteiger partial charge in [0.2, 0.25) is 5.89 Å². The quantitative estimate of drug-likeness (QED) is 0.841. The number of likely N-dealkylation sites (tertiary alicyclic amines) is 1. The Labute approximate surface area is 142 Å². The molecule has 2 aromatic rings. The van der Waals surface area contributed by atoms with Crippen molar-refractivity contribution >= 4 is 5.82 Å². The van der Waals surface area contributed by atoms with E-state index in [0.717, 1.165) is 55.6 Å². The van der Waals surface area contributed by atoms with Crippen LogP contribution in [0.2, 0.25) is 0 Å². The van der Waals surface area contributed by atoms with Crippen LogP contribution in [0.15, 0.2) is 23.0 Å². The molecule has 0 unspecified atom stereocenters. The summed E-state index contributed by atoms with van der Waals surface area (Å²) < 4.78 is 5.89. The highest BCUT2D eigenvalue weighted by Crippen LogP contribution is 2.40. The molecule has 0 radical (unpaired) electrons. The van der Waals surface area contributed by atoms with Crippen molar-refractivity contribution in [3.05, 3.63) is 35.9 Å². The minimum atomic E-state index is 0.530. The second-order valence-electron chi connectivity index (χ2n) is 7.07. The van der Waals surface area contributed by atoms with E-state index in [9.17, 15) is 0 Å². The van der Waals surface area contributed by atoms with Gasteiger partial charge in [0.1, 0.15) is 17.9 Å². The van der Waals surface area contributed by atoms with Crippen LogP contribution in [0.4, 0.5) is 5.82 Å². The van der Waals surface area contributed by atoms with Gasteiger partial charge in [-0.2, -0.15) is 0 Å². The highest BCUT2D eigenvalue weighted by atomic mass is 16.4. The Balaban J connectivity index is 1.31. The molecule has 6 heteroatoms. The molecule has 4 rings (SSSR count). The molecule has 1 saturated heterocycles. The van der Waals surface area contributed by atoms with E-state index < -0.39 is 0 Å². The Morgan fingerprint density at radius 1 is 1.17 bits per heavy atom. The summed E-state index contributed by atoms with van der Waals surface area (Å²) in [4.78, 5) is 17.8. The van der Waals surface area contributed by atoms with Crippen molar-refractivity contribution in [3.8, 4) is 0 Å². The number of rotatable bonds is 5. The van der Waals surface area contributed by atoms with E-state index in [2.05, 4.69) is 37.9 Å². The van der Waals surface area contributed by atoms with Crippen LogP contribution in [-0.2, 0) is 6.54 Å². The molecule has 0 spiro atoms. The van der Waals surface area contributed by atoms with Crippen LogP contribution >= 0.6 is 0 Å². The fourth-order valence-corrected chi connectivity index (χ4v) is 3.43. The third-order valence-electron chi connectivity index (χ3n) is 5.17. The Hall–Kier alpha value is -1.95. The number of aryl methyl sites for hydroxylation is 1. The Morgan fingerprint density at radius 2 is 1.96 bits per heavy atom. The van der Waals surface area contributed by atoms with Crippen molar-refractivity contribution < 1.29 is 4.42 Å². The lowest BCUT2D eigenvalue weighted by Crippen LogP contribution is -2.43. The van der Waals surface area contributed by atoms with Crippen LogP contribution in [-0.4, -0.2) is 46.0 Å². The van der Waals surface area contributed by atoms with Gasteiger partial charge in [0, 0.05) is 43.9 Å². The van der Waals surface area contributed by atoms with Gasteiger partial charge in [-0.1, -0.05) is 0 Å². The predicted molar refractivity (Wildman–Crippen MR) is 91.9 cm³/mol. The van der Waals surface area contributed by atoms with Gasteiger partial charge in [0.25, 0.3) is 0 Å². The van der Waals surface area contributed by atoms with E-state index in [0.29, 0.717) is 12.0 Å². The molecule has 2 aromatic heterocycles. The van der Waals surface area contributed by atoms with Crippen molar-refractivity contribution in [2.75, 3.05) is 25.0 Å². The number of aromatic nitrogens is 3. The summed E-state index contributed by atoms with van der Waals surface area (Å²) in [5.41, 5.74) is 1.01. The van der Waals surface area contributed by atoms with Gasteiger partial charge >= 0.3 is 0 Å². The monoisotopic (exact) mass is 327 g/mol. The van der Waals surface area contributed by atoms with Gasteiger partial charge in [-0.25, -0.2) is 15.0 Å². The van der Waals surface area contributed by atoms with Crippen molar-refractivity contribution in [1.82, 2.24) is 19.9 Å². The van der Waals surface area contributed by atoms with Crippen molar-refractivity contribution in [1.29, 1.82) is 0 Å². The van der Waals surface area contributed by atoms with Gasteiger partial charge in [-0.3, -0.25) is 4.90 Å². The predicted octanol–water partition coefficient (Wildman–Crippen LogP) is 2.75. The first-order chi connectivity index (χ1) is 11.7. The smallest absolute Gasteiger partial charge is 0.208 e. The topological polar surface area (TPSA) is 58.3 Å². The summed E-state index contributed by atoms with van der Waals surface area (Å²) in [5, 5.41) is 0. The van der Waals surface area contributed by atoms with E-state index in [1.165, 1.54) is 12.8 Å². The largest absolute Gasteiger partial charge is 0.444 e. The van der Waals surface area contributed by atoms with Crippen LogP contribution < -0.4 is 4.90 Å². The summed E-state index contributed by atoms with van der Waals surface area (Å²) in [7, 11) is 2.14. The summed E-state index contributed by atoms with van der Waals surface area (Å²) in [6.45, 7) is 4.98. The number of piperidine rings is 1. The number of hydrogen-bond acceptors (Lipinski definition) is 6. The number of nitrogens with zero attached hydrogens (tertiary/aromatic N) is 5. The van der Waals surface area contributed by atoms with Crippen LogP contribution in [0.1, 0.15) is 48.9 Å². The molecule has 0 bridgehead atoms. The van der Waals surface area contributed by atoms with E-state index in [-0.39, 0.29) is 0 Å². The SMILES string of the molecule is Cc1cc(N(C)C2CCN(Cc3ncc(C4CC4)o3)CC2)ncn1. The van der Waals surface area contributed by atoms with Gasteiger partial charge < -0.3 is 9.32 Å². The molecule has 0 aromatic carbocycles. The van der Waals surface area contributed by atoms with Crippen LogP contribution in [0.5, 0.6) is 0 Å². The molecule has 24 heavy (non-hydrogen) atoms. The fourth-order valence-electron chi connectivity index (χ4n) is 3.43. The van der Waals surface area contributed by atoms with Gasteiger partial charge in [0.05, 0.1) is 12.7 Å². The second kappa shape index (κ2) is 6.51. The van der Waals surface area contributed by atoms with E-state index in [1.54, 1.807) is 6.33 Å². The molecule has 2 aliphatic rings. The maximum Gasteiger partial charge on any atom is 0.208 e. The average molecular weight is 327 g/mol. The van der Waals surface area contributed by atoms with Gasteiger partial charge in [0.15, 0.2) is 0 Å². The van der Waals surface area contributed by atoms with E-state index in [1.807, 2.05) is 13.1 Å². The molecular formula is C18H25N5O. The average Bonchev–Trinajstić information content (AvgIpc) is 3.35. The first-order valence-electron chi connectivity index (χ1n) is 8.87. The lowest BCUT2D eigenvalue weighted by atomic mass is 10.0. The van der Waals surface area contributed by atoms with Gasteiger partial charge in [-0.05, 0) is 32.6 Å². The molecule has 0 N–H and O–H groups in total. The molecule has 128 valence electrons. The number of hydrogen-bond donors (Lipinski definition) is 0. The molecule has 1 aliphatic heterocycles. The Morgan fingerprint density at radius 3 is 2.67 bits per heavy atom. The number of oxazole rings is 1. The molecule has 3 heterocycles. The summed E-state index contributed by atoms with van der Waals surface area (Å²) in [6, 6.07) is 2.58. The second-order valence-corrected chi connectivity index (χ2v) is 7.07. The van der Waals surface area contributed by atoms with Crippen molar-refractivity contribution in [3.63, 3.8) is 0 Å². The zero-order valence-corrected chi connectivity index (χ0v) is 14.5. The summed E-state index contributed by atoms with van der Waals surface area (Å²) in [5.74, 6) is 3.61. The first-order valence-corrected chi connectivity index (χ1v) is 8.87. The lowest BCUT2D eigenvalue weighted by molar-refractivity contribution is 0.185. The molecule has 1 aliphatic carbocycles. The Bertz CT molecular complexity index is 688. The van der Waals surface area contributed by atoms with Gasteiger partial charge in [-0.15, -0.1) is 0 Å². The van der Waals surface area contributed by atoms with Crippen molar-refractivity contribution in [2.45, 2.75) is 51.1 Å². The number of anilines is 1. The third kappa shape index (κ3) is 3.43. The molecule has 1 saturated carbocycles. The normalized spacial score (nSPS) is 19.6. The fraction of sp³-hybridized carbons (Fsp3) is 0.611. The van der Waals surface area contributed by atoms with E-state index >= 15 is 0 Å². The summed E-state index contributed by atoms with van der Waals surface area (Å²) in [6.07, 6.45) is 8.36. The minimum absolute atomic E-state index is 0.530. The zero-order chi connectivity index (χ0) is 16.5. The van der Waals surface area contributed by atoms with Crippen LogP contribution in [0.3, 0.4) is 0 Å². The maximum absolute atomic E-state index is 5.89. The Kier molecular flexibility index (Phi) is 4.22. The minimum Gasteiger partial charge on any atom is -0.444 e. The lowest BCUT2D eigenvalue weighted by Gasteiger charge is -2.36. The van der Waals surface area contributed by atoms with E-state index in [4.69, 9.17) is 4.42 Å².